The van der Waals surface area contributed by atoms with Gasteiger partial charge in [0.1, 0.15) is 25.4 Å². The fourth-order valence-corrected chi connectivity index (χ4v) is 3.05. The Morgan fingerprint density at radius 2 is 0.766 bits per heavy atom. The second kappa shape index (κ2) is 33.9. The van der Waals surface area contributed by atoms with Crippen LogP contribution >= 0.6 is 0 Å². The van der Waals surface area contributed by atoms with Crippen molar-refractivity contribution in [2.24, 2.45) is 0 Å². The van der Waals surface area contributed by atoms with Crippen LogP contribution in [0.25, 0.3) is 0 Å². The van der Waals surface area contributed by atoms with Gasteiger partial charge in [0.2, 0.25) is 5.91 Å². The van der Waals surface area contributed by atoms with Gasteiger partial charge in [-0.15, -0.1) is 0 Å². The summed E-state index contributed by atoms with van der Waals surface area (Å²) in [6.07, 6.45) is 0. The highest BCUT2D eigenvalue weighted by molar-refractivity contribution is 5.77. The van der Waals surface area contributed by atoms with E-state index in [-0.39, 0.29) is 13.2 Å². The maximum absolute atomic E-state index is 11.5. The molecule has 0 atom stereocenters. The van der Waals surface area contributed by atoms with E-state index in [1.165, 1.54) is 0 Å². The van der Waals surface area contributed by atoms with Crippen LogP contribution in [-0.2, 0) is 71.2 Å². The van der Waals surface area contributed by atoms with E-state index in [0.29, 0.717) is 132 Å². The molecule has 0 saturated heterocycles. The minimum atomic E-state index is -1.13. The molecule has 0 aromatic heterocycles. The first-order chi connectivity index (χ1) is 22.7. The van der Waals surface area contributed by atoms with E-state index in [9.17, 15) is 14.4 Å². The Hall–Kier alpha value is -2.03. The standard InChI is InChI=1S/C30H57NO16/c1-30(2,3)47-29(35)26-45-23-22-44-21-20-43-19-18-42-17-16-41-15-14-40-13-12-39-11-10-38-9-8-37-7-6-36-5-4-31-27(32)24-46-25-28(33)34/h4-26H2,1-3H3,(H,31,32)(H,33,34). The van der Waals surface area contributed by atoms with E-state index in [1.807, 2.05) is 0 Å². The van der Waals surface area contributed by atoms with Gasteiger partial charge in [-0.25, -0.2) is 9.59 Å². The molecule has 0 heterocycles. The second-order valence-electron chi connectivity index (χ2n) is 10.4. The summed E-state index contributed by atoms with van der Waals surface area (Å²) in [5.41, 5.74) is -0.519. The van der Waals surface area contributed by atoms with Crippen LogP contribution in [0.1, 0.15) is 20.8 Å². The van der Waals surface area contributed by atoms with Crippen molar-refractivity contribution in [2.75, 3.05) is 152 Å². The number of esters is 1. The summed E-state index contributed by atoms with van der Waals surface area (Å²) in [7, 11) is 0. The Morgan fingerprint density at radius 3 is 1.09 bits per heavy atom. The number of ether oxygens (including phenoxy) is 12. The molecule has 47 heavy (non-hydrogen) atoms. The zero-order valence-corrected chi connectivity index (χ0v) is 28.3. The summed E-state index contributed by atoms with van der Waals surface area (Å²) < 4.78 is 63.7. The van der Waals surface area contributed by atoms with Gasteiger partial charge in [-0.3, -0.25) is 4.79 Å². The quantitative estimate of drug-likeness (QED) is 0.0644. The van der Waals surface area contributed by atoms with Gasteiger partial charge < -0.3 is 67.3 Å². The van der Waals surface area contributed by atoms with E-state index in [2.05, 4.69) is 10.1 Å². The summed E-state index contributed by atoms with van der Waals surface area (Å²) in [5, 5.41) is 11.0. The summed E-state index contributed by atoms with van der Waals surface area (Å²) in [6.45, 7) is 12.9. The van der Waals surface area contributed by atoms with Crippen LogP contribution in [0.4, 0.5) is 0 Å². The number of amides is 1. The smallest absolute Gasteiger partial charge is 0.332 e. The Bertz CT molecular complexity index is 737. The van der Waals surface area contributed by atoms with Crippen molar-refractivity contribution in [3.63, 3.8) is 0 Å². The fourth-order valence-electron chi connectivity index (χ4n) is 3.05. The van der Waals surface area contributed by atoms with Crippen LogP contribution in [0.2, 0.25) is 0 Å². The minimum absolute atomic E-state index is 0.0930. The van der Waals surface area contributed by atoms with Crippen molar-refractivity contribution in [1.82, 2.24) is 5.32 Å². The molecule has 0 spiro atoms. The normalized spacial score (nSPS) is 11.6. The van der Waals surface area contributed by atoms with Gasteiger partial charge in [-0.05, 0) is 20.8 Å². The number of aliphatic carboxylic acids is 1. The molecule has 0 aromatic carbocycles. The molecule has 0 unspecified atom stereocenters. The Morgan fingerprint density at radius 1 is 0.447 bits per heavy atom. The predicted molar refractivity (Wildman–Crippen MR) is 165 cm³/mol. The van der Waals surface area contributed by atoms with Crippen LogP contribution in [0.5, 0.6) is 0 Å². The predicted octanol–water partition coefficient (Wildman–Crippen LogP) is -0.288. The number of rotatable bonds is 36. The lowest BCUT2D eigenvalue weighted by Crippen LogP contribution is -2.31. The molecule has 0 bridgehead atoms. The van der Waals surface area contributed by atoms with Crippen molar-refractivity contribution in [3.05, 3.63) is 0 Å². The summed E-state index contributed by atoms with van der Waals surface area (Å²) >= 11 is 0. The van der Waals surface area contributed by atoms with Crippen LogP contribution in [0.15, 0.2) is 0 Å². The van der Waals surface area contributed by atoms with E-state index in [0.717, 1.165) is 0 Å². The first kappa shape index (κ1) is 45.0. The van der Waals surface area contributed by atoms with Crippen molar-refractivity contribution in [2.45, 2.75) is 26.4 Å². The van der Waals surface area contributed by atoms with Crippen LogP contribution in [0, 0.1) is 0 Å². The van der Waals surface area contributed by atoms with Gasteiger partial charge in [0, 0.05) is 6.54 Å². The largest absolute Gasteiger partial charge is 0.480 e. The molecule has 0 aliphatic heterocycles. The molecule has 17 nitrogen and oxygen atoms in total. The third-order valence-electron chi connectivity index (χ3n) is 5.02. The summed E-state index contributed by atoms with van der Waals surface area (Å²) in [6, 6.07) is 0. The van der Waals surface area contributed by atoms with Crippen LogP contribution in [0.3, 0.4) is 0 Å². The van der Waals surface area contributed by atoms with E-state index in [1.54, 1.807) is 20.8 Å². The molecule has 0 rings (SSSR count). The molecule has 2 N–H and O–H groups in total. The average Bonchev–Trinajstić information content (AvgIpc) is 3.00. The number of carbonyl (C=O) groups excluding carboxylic acids is 2. The number of hydrogen-bond donors (Lipinski definition) is 2. The molecule has 0 aliphatic carbocycles. The van der Waals surface area contributed by atoms with Crippen LogP contribution < -0.4 is 5.32 Å². The molecule has 278 valence electrons. The lowest BCUT2D eigenvalue weighted by atomic mass is 10.2. The number of carboxylic acids is 1. The van der Waals surface area contributed by atoms with Gasteiger partial charge in [0.25, 0.3) is 0 Å². The lowest BCUT2D eigenvalue weighted by molar-refractivity contribution is -0.160. The Labute approximate surface area is 278 Å². The molecule has 0 fully saturated rings. The SMILES string of the molecule is CC(C)(C)OC(=O)COCCOCCOCCOCCOCCOCCOCCOCCOCCOCCNC(=O)COCC(=O)O. The van der Waals surface area contributed by atoms with Crippen molar-refractivity contribution >= 4 is 17.8 Å². The molecular weight excluding hydrogens is 630 g/mol. The molecule has 0 saturated carbocycles. The van der Waals surface area contributed by atoms with Crippen molar-refractivity contribution in [3.8, 4) is 0 Å². The second-order valence-corrected chi connectivity index (χ2v) is 10.4. The summed E-state index contributed by atoms with van der Waals surface area (Å²) in [4.78, 5) is 33.1. The average molecular weight is 688 g/mol. The number of carboxylic acid groups (broad SMARTS) is 1. The van der Waals surface area contributed by atoms with Gasteiger partial charge in [0.05, 0.1) is 126 Å². The Kier molecular flexibility index (Phi) is 32.4. The number of nitrogens with one attached hydrogen (secondary N) is 1. The van der Waals surface area contributed by atoms with Gasteiger partial charge in [0.15, 0.2) is 0 Å². The van der Waals surface area contributed by atoms with Crippen molar-refractivity contribution in [1.29, 1.82) is 0 Å². The van der Waals surface area contributed by atoms with E-state index < -0.39 is 30.1 Å². The zero-order chi connectivity index (χ0) is 34.7. The molecule has 17 heteroatoms. The highest BCUT2D eigenvalue weighted by Gasteiger charge is 2.15. The fraction of sp³-hybridized carbons (Fsp3) is 0.900. The molecule has 0 radical (unpaired) electrons. The molecular formula is C30H57NO16. The first-order valence-corrected chi connectivity index (χ1v) is 15.8. The number of hydrogen-bond acceptors (Lipinski definition) is 15. The van der Waals surface area contributed by atoms with Crippen LogP contribution in [-0.4, -0.2) is 180 Å². The van der Waals surface area contributed by atoms with Gasteiger partial charge >= 0.3 is 11.9 Å². The topological polar surface area (TPSA) is 194 Å². The monoisotopic (exact) mass is 687 g/mol. The van der Waals surface area contributed by atoms with Gasteiger partial charge in [-0.2, -0.15) is 0 Å². The van der Waals surface area contributed by atoms with E-state index >= 15 is 0 Å². The summed E-state index contributed by atoms with van der Waals surface area (Å²) in [5.74, 6) is -1.92. The highest BCUT2D eigenvalue weighted by Crippen LogP contribution is 2.06. The lowest BCUT2D eigenvalue weighted by Gasteiger charge is -2.19. The first-order valence-electron chi connectivity index (χ1n) is 15.8. The highest BCUT2D eigenvalue weighted by atomic mass is 16.6. The molecule has 0 aliphatic rings. The zero-order valence-electron chi connectivity index (χ0n) is 28.3. The maximum atomic E-state index is 11.5. The molecule has 1 amide bonds. The molecule has 0 aromatic rings. The third-order valence-corrected chi connectivity index (χ3v) is 5.02. The third kappa shape index (κ3) is 40.1. The van der Waals surface area contributed by atoms with E-state index in [4.69, 9.17) is 57.2 Å². The minimum Gasteiger partial charge on any atom is -0.480 e. The van der Waals surface area contributed by atoms with Gasteiger partial charge in [-0.1, -0.05) is 0 Å². The number of carbonyl (C=O) groups is 3. The Balaban J connectivity index is 3.14. The van der Waals surface area contributed by atoms with Crippen molar-refractivity contribution < 1.29 is 76.3 Å². The maximum Gasteiger partial charge on any atom is 0.332 e.